The molecule has 1 aliphatic heterocycles. The van der Waals surface area contributed by atoms with E-state index >= 15 is 0 Å². The van der Waals surface area contributed by atoms with Gasteiger partial charge in [-0.3, -0.25) is 4.57 Å². The molecule has 0 unspecified atom stereocenters. The number of fused-ring (bicyclic) bond motifs is 3. The molecule has 3 rings (SSSR count). The summed E-state index contributed by atoms with van der Waals surface area (Å²) in [6.45, 7) is 5.18. The van der Waals surface area contributed by atoms with Gasteiger partial charge in [0.2, 0.25) is 0 Å². The van der Waals surface area contributed by atoms with Crippen LogP contribution in [-0.4, -0.2) is 22.5 Å². The normalized spacial score (nSPS) is 17.0. The Morgan fingerprint density at radius 2 is 2.09 bits per heavy atom. The fourth-order valence-electron chi connectivity index (χ4n) is 2.55. The summed E-state index contributed by atoms with van der Waals surface area (Å²) in [5.41, 5.74) is -0.428. The summed E-state index contributed by atoms with van der Waals surface area (Å²) in [5, 5.41) is 3.75. The Hall–Kier alpha value is -2.25. The summed E-state index contributed by atoms with van der Waals surface area (Å²) in [6.07, 6.45) is -4.78. The van der Waals surface area contributed by atoms with Crippen LogP contribution in [0.25, 0.3) is 10.9 Å². The van der Waals surface area contributed by atoms with Crippen LogP contribution in [0, 0.1) is 5.41 Å². The highest BCUT2D eigenvalue weighted by atomic mass is 19.4. The second-order valence-corrected chi connectivity index (χ2v) is 6.07. The minimum Gasteiger partial charge on any atom is -0.406 e. The second-order valence-electron chi connectivity index (χ2n) is 6.07. The van der Waals surface area contributed by atoms with E-state index in [1.807, 2.05) is 13.8 Å². The molecule has 8 heteroatoms. The summed E-state index contributed by atoms with van der Waals surface area (Å²) in [6, 6.07) is 3.80. The maximum Gasteiger partial charge on any atom is 0.573 e. The monoisotopic (exact) mass is 313 g/mol. The third-order valence-electron chi connectivity index (χ3n) is 3.50. The van der Waals surface area contributed by atoms with Crippen molar-refractivity contribution in [1.29, 1.82) is 0 Å². The smallest absolute Gasteiger partial charge is 0.406 e. The Morgan fingerprint density at radius 3 is 2.77 bits per heavy atom. The Balaban J connectivity index is 2.12. The molecule has 0 amide bonds. The number of anilines is 1. The number of halogens is 3. The zero-order valence-electron chi connectivity index (χ0n) is 12.0. The number of aromatic nitrogens is 2. The van der Waals surface area contributed by atoms with Crippen molar-refractivity contribution in [2.45, 2.75) is 26.8 Å². The van der Waals surface area contributed by atoms with Gasteiger partial charge in [0, 0.05) is 30.0 Å². The van der Waals surface area contributed by atoms with Crippen molar-refractivity contribution in [3.05, 3.63) is 28.7 Å². The molecule has 1 aromatic carbocycles. The number of benzene rings is 1. The largest absolute Gasteiger partial charge is 0.573 e. The lowest BCUT2D eigenvalue weighted by Crippen LogP contribution is -2.40. The van der Waals surface area contributed by atoms with Gasteiger partial charge in [0.1, 0.15) is 11.6 Å². The van der Waals surface area contributed by atoms with Crippen LogP contribution in [-0.2, 0) is 6.54 Å². The standard InChI is InChI=1S/C14H14F3N3O2/c1-13(2)6-18-11-9-4-3-8(22-14(15,16)17)5-10(9)19-12(21)20(11)7-13/h3-5,18H,6-7H2,1-2H3. The molecule has 118 valence electrons. The molecular formula is C14H14F3N3O2. The van der Waals surface area contributed by atoms with E-state index in [9.17, 15) is 18.0 Å². The van der Waals surface area contributed by atoms with E-state index < -0.39 is 17.8 Å². The number of nitrogens with zero attached hydrogens (tertiary/aromatic N) is 2. The number of hydrogen-bond donors (Lipinski definition) is 1. The molecule has 0 fully saturated rings. The van der Waals surface area contributed by atoms with Crippen LogP contribution in [0.3, 0.4) is 0 Å². The van der Waals surface area contributed by atoms with Crippen molar-refractivity contribution in [2.75, 3.05) is 11.9 Å². The van der Waals surface area contributed by atoms with Gasteiger partial charge in [0.25, 0.3) is 0 Å². The van der Waals surface area contributed by atoms with E-state index in [1.54, 1.807) is 0 Å². The predicted molar refractivity (Wildman–Crippen MR) is 75.0 cm³/mol. The molecule has 0 saturated heterocycles. The summed E-state index contributed by atoms with van der Waals surface area (Å²) in [5.74, 6) is 0.181. The molecule has 0 bridgehead atoms. The lowest BCUT2D eigenvalue weighted by molar-refractivity contribution is -0.274. The van der Waals surface area contributed by atoms with E-state index in [0.717, 1.165) is 6.07 Å². The predicted octanol–water partition coefficient (Wildman–Crippen LogP) is 2.75. The van der Waals surface area contributed by atoms with Crippen LogP contribution in [0.5, 0.6) is 5.75 Å². The summed E-state index contributed by atoms with van der Waals surface area (Å²) < 4.78 is 42.1. The van der Waals surface area contributed by atoms with Crippen molar-refractivity contribution >= 4 is 16.7 Å². The van der Waals surface area contributed by atoms with E-state index in [0.29, 0.717) is 24.3 Å². The molecule has 22 heavy (non-hydrogen) atoms. The Morgan fingerprint density at radius 1 is 1.36 bits per heavy atom. The zero-order chi connectivity index (χ0) is 16.1. The average Bonchev–Trinajstić information content (AvgIpc) is 2.36. The third kappa shape index (κ3) is 2.72. The first-order valence-electron chi connectivity index (χ1n) is 6.69. The van der Waals surface area contributed by atoms with Gasteiger partial charge in [-0.2, -0.15) is 4.98 Å². The van der Waals surface area contributed by atoms with Gasteiger partial charge >= 0.3 is 12.1 Å². The minimum absolute atomic E-state index is 0.106. The van der Waals surface area contributed by atoms with Gasteiger partial charge in [-0.1, -0.05) is 13.8 Å². The van der Waals surface area contributed by atoms with E-state index in [1.165, 1.54) is 16.7 Å². The number of alkyl halides is 3. The van der Waals surface area contributed by atoms with Crippen LogP contribution in [0.4, 0.5) is 19.0 Å². The molecule has 0 atom stereocenters. The van der Waals surface area contributed by atoms with E-state index in [4.69, 9.17) is 0 Å². The zero-order valence-corrected chi connectivity index (χ0v) is 12.0. The molecule has 1 N–H and O–H groups in total. The van der Waals surface area contributed by atoms with Crippen molar-refractivity contribution in [2.24, 2.45) is 5.41 Å². The molecule has 0 spiro atoms. The average molecular weight is 313 g/mol. The molecule has 1 aromatic heterocycles. The molecular weight excluding hydrogens is 299 g/mol. The van der Waals surface area contributed by atoms with Crippen molar-refractivity contribution in [3.8, 4) is 5.75 Å². The van der Waals surface area contributed by atoms with Gasteiger partial charge < -0.3 is 10.1 Å². The molecule has 0 radical (unpaired) electrons. The van der Waals surface area contributed by atoms with Crippen molar-refractivity contribution in [3.63, 3.8) is 0 Å². The fourth-order valence-corrected chi connectivity index (χ4v) is 2.55. The highest BCUT2D eigenvalue weighted by Gasteiger charge is 2.32. The molecule has 0 saturated carbocycles. The quantitative estimate of drug-likeness (QED) is 0.879. The SMILES string of the molecule is CC1(C)CNc2c3ccc(OC(F)(F)F)cc3nc(=O)n2C1. The molecule has 2 heterocycles. The van der Waals surface area contributed by atoms with Gasteiger partial charge in [-0.15, -0.1) is 13.2 Å². The Bertz CT molecular complexity index is 796. The van der Waals surface area contributed by atoms with E-state index in [2.05, 4.69) is 15.0 Å². The van der Waals surface area contributed by atoms with Crippen LogP contribution < -0.4 is 15.7 Å². The van der Waals surface area contributed by atoms with Gasteiger partial charge in [0.05, 0.1) is 5.52 Å². The number of ether oxygens (including phenoxy) is 1. The lowest BCUT2D eigenvalue weighted by Gasteiger charge is -2.33. The maximum atomic E-state index is 12.3. The third-order valence-corrected chi connectivity index (χ3v) is 3.50. The molecule has 1 aliphatic rings. The van der Waals surface area contributed by atoms with Gasteiger partial charge in [-0.25, -0.2) is 4.79 Å². The first-order chi connectivity index (χ1) is 10.1. The number of nitrogens with one attached hydrogen (secondary N) is 1. The second kappa shape index (κ2) is 4.62. The van der Waals surface area contributed by atoms with Gasteiger partial charge in [0.15, 0.2) is 0 Å². The van der Waals surface area contributed by atoms with Crippen molar-refractivity contribution < 1.29 is 17.9 Å². The van der Waals surface area contributed by atoms with Crippen LogP contribution >= 0.6 is 0 Å². The molecule has 0 aliphatic carbocycles. The highest BCUT2D eigenvalue weighted by molar-refractivity contribution is 5.90. The minimum atomic E-state index is -4.78. The molecule has 2 aromatic rings. The van der Waals surface area contributed by atoms with Crippen LogP contribution in [0.1, 0.15) is 13.8 Å². The number of hydrogen-bond acceptors (Lipinski definition) is 4. The van der Waals surface area contributed by atoms with Crippen LogP contribution in [0.2, 0.25) is 0 Å². The summed E-state index contributed by atoms with van der Waals surface area (Å²) in [4.78, 5) is 16.0. The fraction of sp³-hybridized carbons (Fsp3) is 0.429. The van der Waals surface area contributed by atoms with Gasteiger partial charge in [-0.05, 0) is 12.1 Å². The summed E-state index contributed by atoms with van der Waals surface area (Å²) >= 11 is 0. The topological polar surface area (TPSA) is 56.1 Å². The van der Waals surface area contributed by atoms with Crippen LogP contribution in [0.15, 0.2) is 23.0 Å². The van der Waals surface area contributed by atoms with Crippen molar-refractivity contribution in [1.82, 2.24) is 9.55 Å². The maximum absolute atomic E-state index is 12.3. The lowest BCUT2D eigenvalue weighted by atomic mass is 9.91. The molecule has 5 nitrogen and oxygen atoms in total. The Kier molecular flexibility index (Phi) is 3.08. The first-order valence-corrected chi connectivity index (χ1v) is 6.69. The first kappa shape index (κ1) is 14.7. The van der Waals surface area contributed by atoms with E-state index in [-0.39, 0.29) is 10.9 Å². The highest BCUT2D eigenvalue weighted by Crippen LogP contribution is 2.32. The number of rotatable bonds is 1. The summed E-state index contributed by atoms with van der Waals surface area (Å²) in [7, 11) is 0. The Labute approximate surface area is 123 Å².